The first-order valence-electron chi connectivity index (χ1n) is 6.69. The molecule has 0 saturated carbocycles. The second-order valence-electron chi connectivity index (χ2n) is 5.67. The quantitative estimate of drug-likeness (QED) is 0.291. The Morgan fingerprint density at radius 2 is 0.515 bits per heavy atom. The van der Waals surface area contributed by atoms with Crippen LogP contribution in [0.5, 0.6) is 0 Å². The number of carbonyl (C=O) groups excluding carboxylic acids is 2. The van der Waals surface area contributed by atoms with Crippen LogP contribution in [0.4, 0.5) is 87.8 Å². The molecule has 22 heteroatoms. The highest BCUT2D eigenvalue weighted by atomic mass is 19.4. The Balaban J connectivity index is 6.67. The number of carbonyl (C=O) groups is 2. The van der Waals surface area contributed by atoms with E-state index in [-0.39, 0.29) is 0 Å². The molecule has 0 rings (SSSR count). The minimum atomic E-state index is -8.37. The van der Waals surface area contributed by atoms with Crippen LogP contribution in [0.15, 0.2) is 0 Å². The Morgan fingerprint density at radius 3 is 0.667 bits per heavy atom. The highest BCUT2D eigenvalue weighted by molar-refractivity contribution is 6.14. The van der Waals surface area contributed by atoms with Crippen molar-refractivity contribution in [1.82, 2.24) is 0 Å². The van der Waals surface area contributed by atoms with Crippen molar-refractivity contribution in [2.24, 2.45) is 0 Å². The molecule has 0 aromatic carbocycles. The first-order chi connectivity index (χ1) is 13.8. The Hall–Kier alpha value is -2.06. The van der Waals surface area contributed by atoms with Gasteiger partial charge >= 0.3 is 53.8 Å². The zero-order chi connectivity index (χ0) is 27.7. The summed E-state index contributed by atoms with van der Waals surface area (Å²) in [5.74, 6) is -68.9. The van der Waals surface area contributed by atoms with Crippen molar-refractivity contribution in [2.75, 3.05) is 0 Å². The summed E-state index contributed by atoms with van der Waals surface area (Å²) in [6.07, 6.45) is -15.6. The fourth-order valence-corrected chi connectivity index (χ4v) is 1.53. The second kappa shape index (κ2) is 7.47. The maximum absolute atomic E-state index is 13.3. The van der Waals surface area contributed by atoms with E-state index in [9.17, 15) is 97.4 Å². The predicted octanol–water partition coefficient (Wildman–Crippen LogP) is 5.70. The number of hydrogen-bond donors (Lipinski definition) is 0. The fourth-order valence-electron chi connectivity index (χ4n) is 1.53. The monoisotopic (exact) mass is 544 g/mol. The number of rotatable bonds is 8. The van der Waals surface area contributed by atoms with Crippen molar-refractivity contribution in [1.29, 1.82) is 0 Å². The van der Waals surface area contributed by atoms with E-state index in [2.05, 4.69) is 0 Å². The minimum absolute atomic E-state index is 5.69. The Morgan fingerprint density at radius 1 is 0.333 bits per heavy atom. The molecule has 33 heavy (non-hydrogen) atoms. The van der Waals surface area contributed by atoms with Gasteiger partial charge in [0.05, 0.1) is 0 Å². The van der Waals surface area contributed by atoms with Gasteiger partial charge in [0.2, 0.25) is 0 Å². The van der Waals surface area contributed by atoms with E-state index in [1.54, 1.807) is 0 Å². The topological polar surface area (TPSA) is 34.1 Å². The lowest BCUT2D eigenvalue weighted by atomic mass is 9.90. The number of hydrogen-bond acceptors (Lipinski definition) is 2. The largest absolute Gasteiger partial charge is 0.460 e. The van der Waals surface area contributed by atoms with Crippen LogP contribution in [-0.4, -0.2) is 65.4 Å². The lowest BCUT2D eigenvalue weighted by Crippen LogP contribution is -2.70. The number of ketones is 2. The van der Waals surface area contributed by atoms with Gasteiger partial charge in [-0.15, -0.1) is 0 Å². The molecule has 0 amide bonds. The molecule has 0 spiro atoms. The summed E-state index contributed by atoms with van der Waals surface area (Å²) in [5, 5.41) is 0. The zero-order valence-electron chi connectivity index (χ0n) is 13.9. The van der Waals surface area contributed by atoms with Crippen molar-refractivity contribution < 1.29 is 97.4 Å². The highest BCUT2D eigenvalue weighted by Gasteiger charge is 2.89. The van der Waals surface area contributed by atoms with Crippen LogP contribution in [0.25, 0.3) is 0 Å². The maximum Gasteiger partial charge on any atom is 0.460 e. The van der Waals surface area contributed by atoms with E-state index in [1.165, 1.54) is 0 Å². The van der Waals surface area contributed by atoms with Gasteiger partial charge in [0.25, 0.3) is 11.6 Å². The molecule has 0 bridgehead atoms. The predicted molar refractivity (Wildman–Crippen MR) is 56.8 cm³/mol. The van der Waals surface area contributed by atoms with Crippen LogP contribution in [0.1, 0.15) is 0 Å². The van der Waals surface area contributed by atoms with E-state index in [0.29, 0.717) is 0 Å². The molecule has 0 aliphatic carbocycles. The van der Waals surface area contributed by atoms with Crippen molar-refractivity contribution >= 4 is 11.6 Å². The third kappa shape index (κ3) is 4.05. The first-order valence-corrected chi connectivity index (χ1v) is 6.69. The summed E-state index contributed by atoms with van der Waals surface area (Å²) in [6.45, 7) is 0. The third-order valence-electron chi connectivity index (χ3n) is 3.43. The van der Waals surface area contributed by atoms with E-state index >= 15 is 0 Å². The summed E-state index contributed by atoms with van der Waals surface area (Å²) < 4.78 is 252. The molecule has 0 aliphatic rings. The summed E-state index contributed by atoms with van der Waals surface area (Å²) in [5.41, 5.74) is 0. The van der Waals surface area contributed by atoms with E-state index in [1.807, 2.05) is 0 Å². The Bertz CT molecular complexity index is 719. The molecule has 196 valence electrons. The average molecular weight is 544 g/mol. The Labute approximate surface area is 164 Å². The normalized spacial score (nSPS) is 16.1. The summed E-state index contributed by atoms with van der Waals surface area (Å²) in [6, 6.07) is 0. The van der Waals surface area contributed by atoms with Crippen LogP contribution in [0.2, 0.25) is 0 Å². The van der Waals surface area contributed by atoms with Crippen molar-refractivity contribution in [3.8, 4) is 0 Å². The standard InChI is InChI=1S/C11F20O2/c12-3(13,1(32)4(14,15)6(18,19)8(22,23)10(26,27)28)2(33)5(16,17)7(20,21)9(24,25)11(29,30)31. The van der Waals surface area contributed by atoms with Crippen LogP contribution in [0.3, 0.4) is 0 Å². The smallest absolute Gasteiger partial charge is 0.285 e. The van der Waals surface area contributed by atoms with Crippen LogP contribution in [-0.2, 0) is 9.59 Å². The van der Waals surface area contributed by atoms with Gasteiger partial charge < -0.3 is 0 Å². The van der Waals surface area contributed by atoms with Gasteiger partial charge in [0.1, 0.15) is 0 Å². The molecule has 0 fully saturated rings. The molecular weight excluding hydrogens is 544 g/mol. The lowest BCUT2D eigenvalue weighted by molar-refractivity contribution is -0.392. The van der Waals surface area contributed by atoms with Crippen LogP contribution in [0, 0.1) is 0 Å². The zero-order valence-corrected chi connectivity index (χ0v) is 13.9. The minimum Gasteiger partial charge on any atom is -0.285 e. The molecule has 0 aromatic heterocycles. The van der Waals surface area contributed by atoms with Gasteiger partial charge in [-0.1, -0.05) is 0 Å². The van der Waals surface area contributed by atoms with E-state index < -0.39 is 65.4 Å². The van der Waals surface area contributed by atoms with Crippen LogP contribution < -0.4 is 0 Å². The van der Waals surface area contributed by atoms with Gasteiger partial charge in [-0.05, 0) is 0 Å². The molecule has 0 unspecified atom stereocenters. The third-order valence-corrected chi connectivity index (χ3v) is 3.43. The number of halogens is 20. The maximum atomic E-state index is 13.3. The van der Waals surface area contributed by atoms with Gasteiger partial charge in [-0.25, -0.2) is 0 Å². The summed E-state index contributed by atoms with van der Waals surface area (Å²) in [7, 11) is 0. The molecular formula is C11F20O2. The second-order valence-corrected chi connectivity index (χ2v) is 5.67. The van der Waals surface area contributed by atoms with Gasteiger partial charge in [-0.3, -0.25) is 9.59 Å². The molecule has 2 nitrogen and oxygen atoms in total. The molecule has 0 N–H and O–H groups in total. The summed E-state index contributed by atoms with van der Waals surface area (Å²) in [4.78, 5) is 21.4. The highest BCUT2D eigenvalue weighted by Crippen LogP contribution is 2.57. The van der Waals surface area contributed by atoms with Crippen molar-refractivity contribution in [2.45, 2.75) is 53.8 Å². The van der Waals surface area contributed by atoms with Gasteiger partial charge in [-0.2, -0.15) is 87.8 Å². The molecule has 0 atom stereocenters. The molecule has 0 radical (unpaired) electrons. The molecule has 0 aliphatic heterocycles. The molecule has 0 aromatic rings. The van der Waals surface area contributed by atoms with Gasteiger partial charge in [0, 0.05) is 0 Å². The van der Waals surface area contributed by atoms with Crippen molar-refractivity contribution in [3.05, 3.63) is 0 Å². The van der Waals surface area contributed by atoms with Gasteiger partial charge in [0.15, 0.2) is 0 Å². The SMILES string of the molecule is O=C(C(F)(F)C(=O)C(F)(F)C(F)(F)C(F)(F)C(F)(F)F)C(F)(F)C(F)(F)C(F)(F)C(F)(F)F. The molecule has 0 heterocycles. The lowest BCUT2D eigenvalue weighted by Gasteiger charge is -2.36. The van der Waals surface area contributed by atoms with E-state index in [0.717, 1.165) is 0 Å². The molecule has 0 saturated heterocycles. The van der Waals surface area contributed by atoms with Crippen molar-refractivity contribution in [3.63, 3.8) is 0 Å². The number of Topliss-reactive ketones (excluding diaryl/α,β-unsaturated/α-hetero) is 2. The fraction of sp³-hybridized carbons (Fsp3) is 0.818. The van der Waals surface area contributed by atoms with Crippen LogP contribution >= 0.6 is 0 Å². The number of alkyl halides is 20. The summed E-state index contributed by atoms with van der Waals surface area (Å²) >= 11 is 0. The van der Waals surface area contributed by atoms with E-state index in [4.69, 9.17) is 0 Å². The first kappa shape index (κ1) is 30.9. The average Bonchev–Trinajstić information content (AvgIpc) is 2.57. The Kier molecular flexibility index (Phi) is 7.00.